The number of thioether (sulfide) groups is 1. The van der Waals surface area contributed by atoms with Gasteiger partial charge in [0.15, 0.2) is 0 Å². The molecule has 84 valence electrons. The molecule has 0 aliphatic heterocycles. The largest absolute Gasteiger partial charge is 0.339 e. The maximum absolute atomic E-state index is 11.5. The van der Waals surface area contributed by atoms with Crippen molar-refractivity contribution in [1.82, 2.24) is 5.32 Å². The summed E-state index contributed by atoms with van der Waals surface area (Å²) in [5, 5.41) is 11.4. The van der Waals surface area contributed by atoms with E-state index in [2.05, 4.69) is 19.2 Å². The minimum absolute atomic E-state index is 0.0430. The summed E-state index contributed by atoms with van der Waals surface area (Å²) >= 11 is 1.75. The standard InChI is InChI=1S/C12H14N2OS/c1-9(2)16-11-5-3-10(4-6-11)12(15)14-8-7-13/h3-6,9H,8H2,1-2H3,(H,14,15). The Balaban J connectivity index is 2.64. The molecule has 0 radical (unpaired) electrons. The van der Waals surface area contributed by atoms with Crippen molar-refractivity contribution in [3.05, 3.63) is 29.8 Å². The zero-order valence-corrected chi connectivity index (χ0v) is 10.2. The molecule has 3 nitrogen and oxygen atoms in total. The van der Waals surface area contributed by atoms with Crippen molar-refractivity contribution in [1.29, 1.82) is 5.26 Å². The van der Waals surface area contributed by atoms with Crippen LogP contribution in [0.5, 0.6) is 0 Å². The molecule has 0 aliphatic rings. The summed E-state index contributed by atoms with van der Waals surface area (Å²) in [4.78, 5) is 12.6. The molecule has 0 aromatic heterocycles. The molecule has 1 aromatic carbocycles. The molecule has 0 fully saturated rings. The Kier molecular flexibility index (Phi) is 4.87. The summed E-state index contributed by atoms with van der Waals surface area (Å²) in [7, 11) is 0. The molecule has 1 rings (SSSR count). The number of amides is 1. The van der Waals surface area contributed by atoms with Crippen LogP contribution in [-0.2, 0) is 0 Å². The summed E-state index contributed by atoms with van der Waals surface area (Å²) in [6.45, 7) is 4.29. The molecule has 0 bridgehead atoms. The van der Waals surface area contributed by atoms with E-state index in [4.69, 9.17) is 5.26 Å². The Morgan fingerprint density at radius 2 is 2.06 bits per heavy atom. The van der Waals surface area contributed by atoms with Crippen molar-refractivity contribution in [2.24, 2.45) is 0 Å². The van der Waals surface area contributed by atoms with Gasteiger partial charge in [-0.25, -0.2) is 0 Å². The number of nitrogens with zero attached hydrogens (tertiary/aromatic N) is 1. The zero-order chi connectivity index (χ0) is 12.0. The summed E-state index contributed by atoms with van der Waals surface area (Å²) in [6, 6.07) is 9.27. The Morgan fingerprint density at radius 3 is 2.56 bits per heavy atom. The fraction of sp³-hybridized carbons (Fsp3) is 0.333. The maximum atomic E-state index is 11.5. The van der Waals surface area contributed by atoms with Crippen molar-refractivity contribution in [3.63, 3.8) is 0 Å². The molecule has 0 heterocycles. The maximum Gasteiger partial charge on any atom is 0.252 e. The molecule has 1 amide bonds. The van der Waals surface area contributed by atoms with Gasteiger partial charge < -0.3 is 5.32 Å². The number of nitriles is 1. The van der Waals surface area contributed by atoms with E-state index in [1.807, 2.05) is 18.2 Å². The minimum atomic E-state index is -0.206. The third kappa shape index (κ3) is 3.95. The summed E-state index contributed by atoms with van der Waals surface area (Å²) in [5.41, 5.74) is 0.586. The fourth-order valence-electron chi connectivity index (χ4n) is 1.18. The highest BCUT2D eigenvalue weighted by atomic mass is 32.2. The van der Waals surface area contributed by atoms with Crippen LogP contribution in [0, 0.1) is 11.3 Å². The lowest BCUT2D eigenvalue weighted by atomic mass is 10.2. The highest BCUT2D eigenvalue weighted by Gasteiger charge is 2.04. The highest BCUT2D eigenvalue weighted by molar-refractivity contribution is 7.99. The molecule has 4 heteroatoms. The van der Waals surface area contributed by atoms with Crippen LogP contribution >= 0.6 is 11.8 Å². The molecule has 16 heavy (non-hydrogen) atoms. The van der Waals surface area contributed by atoms with Gasteiger partial charge in [0, 0.05) is 15.7 Å². The van der Waals surface area contributed by atoms with E-state index in [1.165, 1.54) is 0 Å². The second kappa shape index (κ2) is 6.19. The Labute approximate surface area is 99.8 Å². The minimum Gasteiger partial charge on any atom is -0.339 e. The molecular formula is C12H14N2OS. The third-order valence-electron chi connectivity index (χ3n) is 1.82. The molecule has 0 spiro atoms. The molecule has 1 aromatic rings. The van der Waals surface area contributed by atoms with Gasteiger partial charge in [0.25, 0.3) is 5.91 Å². The molecule has 0 saturated carbocycles. The Hall–Kier alpha value is -1.47. The van der Waals surface area contributed by atoms with E-state index in [0.717, 1.165) is 4.90 Å². The number of hydrogen-bond donors (Lipinski definition) is 1. The first-order valence-corrected chi connectivity index (χ1v) is 5.93. The average Bonchev–Trinajstić information content (AvgIpc) is 2.26. The van der Waals surface area contributed by atoms with E-state index in [0.29, 0.717) is 10.8 Å². The molecule has 0 atom stereocenters. The van der Waals surface area contributed by atoms with Gasteiger partial charge in [-0.2, -0.15) is 5.26 Å². The normalized spacial score (nSPS) is 9.88. The SMILES string of the molecule is CC(C)Sc1ccc(C(=O)NCC#N)cc1. The fourth-order valence-corrected chi connectivity index (χ4v) is 2.02. The van der Waals surface area contributed by atoms with E-state index >= 15 is 0 Å². The van der Waals surface area contributed by atoms with E-state index in [9.17, 15) is 4.79 Å². The van der Waals surface area contributed by atoms with Gasteiger partial charge in [0.05, 0.1) is 6.07 Å². The number of hydrogen-bond acceptors (Lipinski definition) is 3. The van der Waals surface area contributed by atoms with Crippen LogP contribution in [0.1, 0.15) is 24.2 Å². The lowest BCUT2D eigenvalue weighted by Crippen LogP contribution is -2.23. The van der Waals surface area contributed by atoms with Crippen LogP contribution in [0.15, 0.2) is 29.2 Å². The first-order valence-electron chi connectivity index (χ1n) is 5.05. The Bertz CT molecular complexity index is 392. The van der Waals surface area contributed by atoms with Crippen molar-refractivity contribution >= 4 is 17.7 Å². The lowest BCUT2D eigenvalue weighted by molar-refractivity contribution is 0.0958. The molecule has 0 unspecified atom stereocenters. The van der Waals surface area contributed by atoms with E-state index < -0.39 is 0 Å². The Morgan fingerprint density at radius 1 is 1.44 bits per heavy atom. The average molecular weight is 234 g/mol. The number of nitrogens with one attached hydrogen (secondary N) is 1. The van der Waals surface area contributed by atoms with Crippen LogP contribution in [0.3, 0.4) is 0 Å². The monoisotopic (exact) mass is 234 g/mol. The quantitative estimate of drug-likeness (QED) is 0.643. The predicted molar refractivity (Wildman–Crippen MR) is 65.4 cm³/mol. The van der Waals surface area contributed by atoms with Gasteiger partial charge in [0.1, 0.15) is 6.54 Å². The summed E-state index contributed by atoms with van der Waals surface area (Å²) in [6.07, 6.45) is 0. The predicted octanol–water partition coefficient (Wildman–Crippen LogP) is 2.44. The van der Waals surface area contributed by atoms with Crippen molar-refractivity contribution in [3.8, 4) is 6.07 Å². The summed E-state index contributed by atoms with van der Waals surface area (Å²) < 4.78 is 0. The van der Waals surface area contributed by atoms with Gasteiger partial charge in [0.2, 0.25) is 0 Å². The van der Waals surface area contributed by atoms with Gasteiger partial charge in [-0.05, 0) is 24.3 Å². The molecule has 0 saturated heterocycles. The van der Waals surface area contributed by atoms with Crippen LogP contribution < -0.4 is 5.32 Å². The number of carbonyl (C=O) groups is 1. The summed E-state index contributed by atoms with van der Waals surface area (Å²) in [5.74, 6) is -0.206. The second-order valence-electron chi connectivity index (χ2n) is 3.53. The first-order chi connectivity index (χ1) is 7.63. The molecule has 0 aliphatic carbocycles. The third-order valence-corrected chi connectivity index (χ3v) is 2.83. The highest BCUT2D eigenvalue weighted by Crippen LogP contribution is 2.22. The van der Waals surface area contributed by atoms with Gasteiger partial charge in [-0.3, -0.25) is 4.79 Å². The zero-order valence-electron chi connectivity index (χ0n) is 9.36. The topological polar surface area (TPSA) is 52.9 Å². The first kappa shape index (κ1) is 12.6. The number of rotatable bonds is 4. The van der Waals surface area contributed by atoms with Crippen LogP contribution in [-0.4, -0.2) is 17.7 Å². The lowest BCUT2D eigenvalue weighted by Gasteiger charge is -2.05. The van der Waals surface area contributed by atoms with Crippen LogP contribution in [0.25, 0.3) is 0 Å². The van der Waals surface area contributed by atoms with Gasteiger partial charge >= 0.3 is 0 Å². The van der Waals surface area contributed by atoms with Crippen molar-refractivity contribution in [2.45, 2.75) is 24.0 Å². The van der Waals surface area contributed by atoms with Crippen molar-refractivity contribution < 1.29 is 4.79 Å². The van der Waals surface area contributed by atoms with Crippen LogP contribution in [0.4, 0.5) is 0 Å². The second-order valence-corrected chi connectivity index (χ2v) is 5.18. The van der Waals surface area contributed by atoms with E-state index in [1.54, 1.807) is 23.9 Å². The molecular weight excluding hydrogens is 220 g/mol. The van der Waals surface area contributed by atoms with E-state index in [-0.39, 0.29) is 12.5 Å². The molecule has 1 N–H and O–H groups in total. The van der Waals surface area contributed by atoms with Gasteiger partial charge in [-0.1, -0.05) is 13.8 Å². The smallest absolute Gasteiger partial charge is 0.252 e. The van der Waals surface area contributed by atoms with Crippen LogP contribution in [0.2, 0.25) is 0 Å². The number of benzene rings is 1. The van der Waals surface area contributed by atoms with Crippen molar-refractivity contribution in [2.75, 3.05) is 6.54 Å². The van der Waals surface area contributed by atoms with Gasteiger partial charge in [-0.15, -0.1) is 11.8 Å². The number of carbonyl (C=O) groups excluding carboxylic acids is 1.